The van der Waals surface area contributed by atoms with Crippen LogP contribution >= 0.6 is 0 Å². The molecular weight excluding hydrogens is 296 g/mol. The minimum absolute atomic E-state index is 0.387. The highest BCUT2D eigenvalue weighted by atomic mass is 16.4. The fourth-order valence-electron chi connectivity index (χ4n) is 3.24. The molecule has 24 heavy (non-hydrogen) atoms. The van der Waals surface area contributed by atoms with Crippen LogP contribution in [0.3, 0.4) is 0 Å². The summed E-state index contributed by atoms with van der Waals surface area (Å²) in [5, 5.41) is 8.86. The second kappa shape index (κ2) is 17.0. The topological polar surface area (TPSA) is 37.3 Å². The Bertz CT molecular complexity index is 320. The van der Waals surface area contributed by atoms with Gasteiger partial charge in [-0.15, -0.1) is 0 Å². The van der Waals surface area contributed by atoms with Crippen LogP contribution in [0, 0.1) is 5.92 Å². The Labute approximate surface area is 151 Å². The second-order valence-corrected chi connectivity index (χ2v) is 7.52. The number of unbranched alkanes of at least 4 members (excludes halogenated alkanes) is 13. The first-order valence-corrected chi connectivity index (χ1v) is 10.5. The highest BCUT2D eigenvalue weighted by molar-refractivity contribution is 5.85. The van der Waals surface area contributed by atoms with Crippen LogP contribution in [0.1, 0.15) is 117 Å². The Morgan fingerprint density at radius 3 is 1.54 bits per heavy atom. The number of hydrogen-bond donors (Lipinski definition) is 1. The quantitative estimate of drug-likeness (QED) is 0.220. The molecule has 0 heterocycles. The lowest BCUT2D eigenvalue weighted by Crippen LogP contribution is -1.99. The molecule has 142 valence electrons. The maximum absolute atomic E-state index is 10.8. The van der Waals surface area contributed by atoms with Crippen LogP contribution in [-0.2, 0) is 4.79 Å². The van der Waals surface area contributed by atoms with E-state index >= 15 is 0 Å². The molecule has 0 bridgehead atoms. The van der Waals surface area contributed by atoms with Gasteiger partial charge in [-0.1, -0.05) is 110 Å². The summed E-state index contributed by atoms with van der Waals surface area (Å²) in [7, 11) is 0. The third-order valence-electron chi connectivity index (χ3n) is 4.88. The van der Waals surface area contributed by atoms with Crippen molar-refractivity contribution in [2.24, 2.45) is 5.92 Å². The summed E-state index contributed by atoms with van der Waals surface area (Å²) in [5.41, 5.74) is 0.480. The average molecular weight is 339 g/mol. The third kappa shape index (κ3) is 16.1. The lowest BCUT2D eigenvalue weighted by atomic mass is 9.99. The normalized spacial score (nSPS) is 13.2. The van der Waals surface area contributed by atoms with E-state index in [1.165, 1.54) is 89.9 Å². The van der Waals surface area contributed by atoms with Crippen molar-refractivity contribution in [1.82, 2.24) is 0 Å². The second-order valence-electron chi connectivity index (χ2n) is 7.52. The number of hydrogen-bond acceptors (Lipinski definition) is 1. The summed E-state index contributed by atoms with van der Waals surface area (Å²) in [6.45, 7) is 6.08. The molecule has 0 rings (SSSR count). The van der Waals surface area contributed by atoms with Gasteiger partial charge in [0.1, 0.15) is 0 Å². The van der Waals surface area contributed by atoms with Crippen molar-refractivity contribution in [3.8, 4) is 0 Å². The zero-order valence-corrected chi connectivity index (χ0v) is 16.6. The van der Waals surface area contributed by atoms with Crippen LogP contribution in [0.4, 0.5) is 0 Å². The van der Waals surface area contributed by atoms with E-state index in [9.17, 15) is 4.79 Å². The Morgan fingerprint density at radius 2 is 1.17 bits per heavy atom. The molecule has 1 N–H and O–H groups in total. The van der Waals surface area contributed by atoms with E-state index in [-0.39, 0.29) is 0 Å². The van der Waals surface area contributed by atoms with E-state index in [1.807, 2.05) is 6.08 Å². The van der Waals surface area contributed by atoms with Crippen molar-refractivity contribution in [2.45, 2.75) is 117 Å². The molecule has 0 fully saturated rings. The molecule has 0 aliphatic rings. The first-order chi connectivity index (χ1) is 11.6. The molecule has 0 aliphatic carbocycles. The Kier molecular flexibility index (Phi) is 16.5. The molecule has 2 heteroatoms. The van der Waals surface area contributed by atoms with Crippen molar-refractivity contribution in [1.29, 1.82) is 0 Å². The van der Waals surface area contributed by atoms with Gasteiger partial charge in [-0.05, 0) is 19.3 Å². The molecule has 0 saturated heterocycles. The van der Waals surface area contributed by atoms with Gasteiger partial charge in [0.05, 0.1) is 0 Å². The molecule has 0 aromatic heterocycles. The molecule has 2 nitrogen and oxygen atoms in total. The van der Waals surface area contributed by atoms with Gasteiger partial charge in [0.15, 0.2) is 0 Å². The number of carbonyl (C=O) groups is 1. The van der Waals surface area contributed by atoms with E-state index in [2.05, 4.69) is 13.8 Å². The van der Waals surface area contributed by atoms with E-state index in [4.69, 9.17) is 5.11 Å². The van der Waals surface area contributed by atoms with Crippen molar-refractivity contribution >= 4 is 5.97 Å². The van der Waals surface area contributed by atoms with Crippen molar-refractivity contribution < 1.29 is 9.90 Å². The predicted octanol–water partition coefficient (Wildman–Crippen LogP) is 7.52. The minimum Gasteiger partial charge on any atom is -0.478 e. The Morgan fingerprint density at radius 1 is 0.792 bits per heavy atom. The van der Waals surface area contributed by atoms with Gasteiger partial charge in [-0.25, -0.2) is 4.79 Å². The molecule has 0 amide bonds. The molecule has 0 aromatic carbocycles. The summed E-state index contributed by atoms with van der Waals surface area (Å²) in [5.74, 6) is -0.402. The van der Waals surface area contributed by atoms with E-state index in [0.717, 1.165) is 6.42 Å². The smallest absolute Gasteiger partial charge is 0.330 e. The molecule has 0 spiro atoms. The van der Waals surface area contributed by atoms with Gasteiger partial charge < -0.3 is 5.11 Å². The first kappa shape index (κ1) is 23.2. The summed E-state index contributed by atoms with van der Waals surface area (Å²) in [6.07, 6.45) is 22.4. The van der Waals surface area contributed by atoms with Gasteiger partial charge in [-0.2, -0.15) is 0 Å². The highest BCUT2D eigenvalue weighted by Gasteiger charge is 2.04. The molecule has 0 saturated carbocycles. The average Bonchev–Trinajstić information content (AvgIpc) is 2.55. The van der Waals surface area contributed by atoms with Crippen molar-refractivity contribution in [3.05, 3.63) is 11.6 Å². The number of carboxylic acids is 1. The zero-order valence-electron chi connectivity index (χ0n) is 16.6. The van der Waals surface area contributed by atoms with Crippen LogP contribution in [0.25, 0.3) is 0 Å². The summed E-state index contributed by atoms with van der Waals surface area (Å²) >= 11 is 0. The van der Waals surface area contributed by atoms with Gasteiger partial charge in [0.25, 0.3) is 0 Å². The monoisotopic (exact) mass is 338 g/mol. The molecule has 0 aromatic rings. The Balaban J connectivity index is 3.26. The van der Waals surface area contributed by atoms with Crippen LogP contribution in [0.15, 0.2) is 11.6 Å². The van der Waals surface area contributed by atoms with E-state index in [0.29, 0.717) is 11.5 Å². The SMILES string of the molecule is CCCCCCCCCCCCCCCC[C@@H](C)/C=C(\C)C(=O)O. The molecule has 0 aliphatic heterocycles. The highest BCUT2D eigenvalue weighted by Crippen LogP contribution is 2.16. The zero-order chi connectivity index (χ0) is 18.0. The lowest BCUT2D eigenvalue weighted by molar-refractivity contribution is -0.132. The maximum atomic E-state index is 10.8. The van der Waals surface area contributed by atoms with Crippen LogP contribution in [-0.4, -0.2) is 11.1 Å². The number of carboxylic acid groups (broad SMARTS) is 1. The van der Waals surface area contributed by atoms with Crippen molar-refractivity contribution in [2.75, 3.05) is 0 Å². The molecule has 0 unspecified atom stereocenters. The van der Waals surface area contributed by atoms with E-state index < -0.39 is 5.97 Å². The lowest BCUT2D eigenvalue weighted by Gasteiger charge is -2.07. The Hall–Kier alpha value is -0.790. The first-order valence-electron chi connectivity index (χ1n) is 10.5. The fraction of sp³-hybridized carbons (Fsp3) is 0.864. The van der Waals surface area contributed by atoms with E-state index in [1.54, 1.807) is 6.92 Å². The standard InChI is InChI=1S/C22H42O2/c1-4-5-6-7-8-9-10-11-12-13-14-15-16-17-18-20(2)19-21(3)22(23)24/h19-20H,4-18H2,1-3H3,(H,23,24)/b21-19+/t20-/m1/s1. The van der Waals surface area contributed by atoms with Crippen molar-refractivity contribution in [3.63, 3.8) is 0 Å². The maximum Gasteiger partial charge on any atom is 0.330 e. The molecular formula is C22H42O2. The number of aliphatic carboxylic acids is 1. The minimum atomic E-state index is -0.789. The van der Waals surface area contributed by atoms with Gasteiger partial charge in [0, 0.05) is 5.57 Å². The van der Waals surface area contributed by atoms with Crippen LogP contribution < -0.4 is 0 Å². The number of rotatable bonds is 17. The van der Waals surface area contributed by atoms with Gasteiger partial charge in [-0.3, -0.25) is 0 Å². The number of allylic oxidation sites excluding steroid dienone is 1. The summed E-state index contributed by atoms with van der Waals surface area (Å²) in [4.78, 5) is 10.8. The fourth-order valence-corrected chi connectivity index (χ4v) is 3.24. The summed E-state index contributed by atoms with van der Waals surface area (Å²) < 4.78 is 0. The largest absolute Gasteiger partial charge is 0.478 e. The van der Waals surface area contributed by atoms with Gasteiger partial charge >= 0.3 is 5.97 Å². The van der Waals surface area contributed by atoms with Crippen LogP contribution in [0.5, 0.6) is 0 Å². The van der Waals surface area contributed by atoms with Gasteiger partial charge in [0.2, 0.25) is 0 Å². The third-order valence-corrected chi connectivity index (χ3v) is 4.88. The molecule has 0 radical (unpaired) electrons. The molecule has 1 atom stereocenters. The summed E-state index contributed by atoms with van der Waals surface area (Å²) in [6, 6.07) is 0. The van der Waals surface area contributed by atoms with Crippen LogP contribution in [0.2, 0.25) is 0 Å². The predicted molar refractivity (Wildman–Crippen MR) is 105 cm³/mol.